The van der Waals surface area contributed by atoms with E-state index in [0.717, 1.165) is 62.1 Å². The zero-order valence-corrected chi connectivity index (χ0v) is 22.7. The molecule has 0 spiro atoms. The molecule has 4 rings (SSSR count). The molecule has 1 N–H and O–H groups in total. The predicted molar refractivity (Wildman–Crippen MR) is 151 cm³/mol. The van der Waals surface area contributed by atoms with E-state index < -0.39 is 0 Å². The molecule has 1 aliphatic rings. The molecule has 3 aromatic carbocycles. The number of anilines is 1. The number of amides is 2. The number of piperidine rings is 1. The van der Waals surface area contributed by atoms with Gasteiger partial charge in [0.1, 0.15) is 11.6 Å². The van der Waals surface area contributed by atoms with E-state index in [0.29, 0.717) is 0 Å². The van der Waals surface area contributed by atoms with Crippen molar-refractivity contribution in [1.82, 2.24) is 10.2 Å². The van der Waals surface area contributed by atoms with Gasteiger partial charge in [0, 0.05) is 36.8 Å². The SMILES string of the molecule is Cc1ccc(N(C(=O)NC(C)C)C2CCN(CCCC(c3ccc(F)cc3)c3ccc(F)cc3)CC2)cc1. The number of nitrogens with zero attached hydrogens (tertiary/aromatic N) is 2. The zero-order valence-electron chi connectivity index (χ0n) is 22.7. The molecular weight excluding hydrogens is 480 g/mol. The van der Waals surface area contributed by atoms with Crippen molar-refractivity contribution in [1.29, 1.82) is 0 Å². The summed E-state index contributed by atoms with van der Waals surface area (Å²) in [5.74, 6) is -0.419. The number of aryl methyl sites for hydroxylation is 1. The van der Waals surface area contributed by atoms with Crippen molar-refractivity contribution in [2.45, 2.75) is 64.5 Å². The van der Waals surface area contributed by atoms with Crippen LogP contribution in [0.15, 0.2) is 72.8 Å². The molecular formula is C32H39F2N3O. The summed E-state index contributed by atoms with van der Waals surface area (Å²) in [6.07, 6.45) is 3.70. The fraction of sp³-hybridized carbons (Fsp3) is 0.406. The zero-order chi connectivity index (χ0) is 27.1. The van der Waals surface area contributed by atoms with Crippen molar-refractivity contribution in [3.63, 3.8) is 0 Å². The van der Waals surface area contributed by atoms with Gasteiger partial charge < -0.3 is 10.2 Å². The molecule has 0 saturated carbocycles. The summed E-state index contributed by atoms with van der Waals surface area (Å²) in [6.45, 7) is 8.84. The van der Waals surface area contributed by atoms with Crippen LogP contribution in [0.4, 0.5) is 19.3 Å². The Balaban J connectivity index is 1.36. The van der Waals surface area contributed by atoms with E-state index in [1.807, 2.05) is 55.1 Å². The van der Waals surface area contributed by atoms with Gasteiger partial charge >= 0.3 is 6.03 Å². The van der Waals surface area contributed by atoms with Crippen molar-refractivity contribution >= 4 is 11.7 Å². The fourth-order valence-corrected chi connectivity index (χ4v) is 5.35. The van der Waals surface area contributed by atoms with E-state index >= 15 is 0 Å². The van der Waals surface area contributed by atoms with E-state index in [1.165, 1.54) is 29.8 Å². The summed E-state index contributed by atoms with van der Waals surface area (Å²) in [5.41, 5.74) is 4.20. The maximum atomic E-state index is 13.5. The molecule has 0 aromatic heterocycles. The summed E-state index contributed by atoms with van der Waals surface area (Å²) < 4.78 is 27.1. The Morgan fingerprint density at radius 1 is 0.895 bits per heavy atom. The molecule has 2 amide bonds. The highest BCUT2D eigenvalue weighted by molar-refractivity contribution is 5.92. The number of nitrogens with one attached hydrogen (secondary N) is 1. The fourth-order valence-electron chi connectivity index (χ4n) is 5.35. The largest absolute Gasteiger partial charge is 0.336 e. The summed E-state index contributed by atoms with van der Waals surface area (Å²) in [4.78, 5) is 17.5. The molecule has 6 heteroatoms. The standard InChI is InChI=1S/C32H39F2N3O/c1-23(2)35-32(38)37(29-16-6-24(3)7-17-29)30-18-21-36(22-19-30)20-4-5-31(25-8-12-27(33)13-9-25)26-10-14-28(34)15-11-26/h6-17,23,30-31H,4-5,18-22H2,1-3H3,(H,35,38). The second-order valence-electron chi connectivity index (χ2n) is 10.7. The first-order valence-electron chi connectivity index (χ1n) is 13.7. The van der Waals surface area contributed by atoms with E-state index in [4.69, 9.17) is 0 Å². The van der Waals surface area contributed by atoms with Crippen LogP contribution < -0.4 is 10.2 Å². The maximum Gasteiger partial charge on any atom is 0.322 e. The minimum atomic E-state index is -0.253. The molecule has 202 valence electrons. The summed E-state index contributed by atoms with van der Waals surface area (Å²) >= 11 is 0. The molecule has 0 unspecified atom stereocenters. The number of likely N-dealkylation sites (tertiary alicyclic amines) is 1. The molecule has 1 heterocycles. The lowest BCUT2D eigenvalue weighted by atomic mass is 9.87. The summed E-state index contributed by atoms with van der Waals surface area (Å²) in [6, 6.07) is 21.7. The number of rotatable bonds is 9. The van der Waals surface area contributed by atoms with Gasteiger partial charge in [-0.1, -0.05) is 42.0 Å². The van der Waals surface area contributed by atoms with E-state index in [-0.39, 0.29) is 35.7 Å². The smallest absolute Gasteiger partial charge is 0.322 e. The maximum absolute atomic E-state index is 13.5. The van der Waals surface area contributed by atoms with E-state index in [1.54, 1.807) is 0 Å². The molecule has 0 aliphatic carbocycles. The van der Waals surface area contributed by atoms with Crippen LogP contribution in [0.3, 0.4) is 0 Å². The van der Waals surface area contributed by atoms with Crippen LogP contribution >= 0.6 is 0 Å². The average molecular weight is 520 g/mol. The second-order valence-corrected chi connectivity index (χ2v) is 10.7. The molecule has 1 aliphatic heterocycles. The third-order valence-corrected chi connectivity index (χ3v) is 7.38. The molecule has 0 bridgehead atoms. The van der Waals surface area contributed by atoms with Gasteiger partial charge in [0.15, 0.2) is 0 Å². The second kappa shape index (κ2) is 13.0. The Hall–Kier alpha value is -3.25. The van der Waals surface area contributed by atoms with Crippen LogP contribution in [0.25, 0.3) is 0 Å². The number of hydrogen-bond acceptors (Lipinski definition) is 2. The van der Waals surface area contributed by atoms with E-state index in [2.05, 4.69) is 29.3 Å². The topological polar surface area (TPSA) is 35.6 Å². The van der Waals surface area contributed by atoms with Crippen LogP contribution in [-0.2, 0) is 0 Å². The van der Waals surface area contributed by atoms with Crippen LogP contribution in [0.1, 0.15) is 62.1 Å². The van der Waals surface area contributed by atoms with Crippen molar-refractivity contribution in [2.75, 3.05) is 24.5 Å². The Morgan fingerprint density at radius 3 is 1.92 bits per heavy atom. The normalized spacial score (nSPS) is 14.7. The molecule has 0 atom stereocenters. The van der Waals surface area contributed by atoms with E-state index in [9.17, 15) is 13.6 Å². The number of benzene rings is 3. The number of carbonyl (C=O) groups is 1. The molecule has 3 aromatic rings. The lowest BCUT2D eigenvalue weighted by Gasteiger charge is -2.39. The highest BCUT2D eigenvalue weighted by Gasteiger charge is 2.29. The predicted octanol–water partition coefficient (Wildman–Crippen LogP) is 7.27. The van der Waals surface area contributed by atoms with Crippen molar-refractivity contribution in [3.8, 4) is 0 Å². The Kier molecular flexibility index (Phi) is 9.51. The van der Waals surface area contributed by atoms with Crippen LogP contribution in [0.5, 0.6) is 0 Å². The molecule has 4 nitrogen and oxygen atoms in total. The lowest BCUT2D eigenvalue weighted by molar-refractivity contribution is 0.200. The van der Waals surface area contributed by atoms with Gasteiger partial charge in [0.05, 0.1) is 0 Å². The van der Waals surface area contributed by atoms with Gasteiger partial charge in [0.25, 0.3) is 0 Å². The first-order valence-corrected chi connectivity index (χ1v) is 13.7. The average Bonchev–Trinajstić information content (AvgIpc) is 2.90. The third kappa shape index (κ3) is 7.41. The number of hydrogen-bond donors (Lipinski definition) is 1. The third-order valence-electron chi connectivity index (χ3n) is 7.38. The number of carbonyl (C=O) groups excluding carboxylic acids is 1. The van der Waals surface area contributed by atoms with Crippen molar-refractivity contribution < 1.29 is 13.6 Å². The first-order chi connectivity index (χ1) is 18.3. The number of halogens is 2. The molecule has 0 radical (unpaired) electrons. The van der Waals surface area contributed by atoms with Crippen LogP contribution in [-0.4, -0.2) is 42.6 Å². The van der Waals surface area contributed by atoms with Gasteiger partial charge in [-0.2, -0.15) is 0 Å². The van der Waals surface area contributed by atoms with Crippen molar-refractivity contribution in [2.24, 2.45) is 0 Å². The minimum Gasteiger partial charge on any atom is -0.336 e. The Labute approximate surface area is 225 Å². The molecule has 1 fully saturated rings. The van der Waals surface area contributed by atoms with Gasteiger partial charge in [-0.15, -0.1) is 0 Å². The quantitative estimate of drug-likeness (QED) is 0.323. The van der Waals surface area contributed by atoms with Crippen LogP contribution in [0.2, 0.25) is 0 Å². The highest BCUT2D eigenvalue weighted by atomic mass is 19.1. The number of urea groups is 1. The van der Waals surface area contributed by atoms with Gasteiger partial charge in [-0.25, -0.2) is 13.6 Å². The Bertz CT molecular complexity index is 1110. The van der Waals surface area contributed by atoms with Crippen LogP contribution in [0, 0.1) is 18.6 Å². The van der Waals surface area contributed by atoms with Crippen molar-refractivity contribution in [3.05, 3.63) is 101 Å². The summed E-state index contributed by atoms with van der Waals surface area (Å²) in [7, 11) is 0. The lowest BCUT2D eigenvalue weighted by Crippen LogP contribution is -2.52. The van der Waals surface area contributed by atoms with Gasteiger partial charge in [-0.3, -0.25) is 4.90 Å². The molecule has 1 saturated heterocycles. The van der Waals surface area contributed by atoms with Gasteiger partial charge in [0.2, 0.25) is 0 Å². The highest BCUT2D eigenvalue weighted by Crippen LogP contribution is 2.30. The molecule has 38 heavy (non-hydrogen) atoms. The first kappa shape index (κ1) is 27.8. The monoisotopic (exact) mass is 519 g/mol. The van der Waals surface area contributed by atoms with Gasteiger partial charge in [-0.05, 0) is 101 Å². The minimum absolute atomic E-state index is 0.0382. The summed E-state index contributed by atoms with van der Waals surface area (Å²) in [5, 5.41) is 3.08. The Morgan fingerprint density at radius 2 is 1.42 bits per heavy atom.